The van der Waals surface area contributed by atoms with Gasteiger partial charge >= 0.3 is 5.97 Å². The summed E-state index contributed by atoms with van der Waals surface area (Å²) in [5.74, 6) is 0.348. The highest BCUT2D eigenvalue weighted by Crippen LogP contribution is 2.39. The maximum Gasteiger partial charge on any atom is 0.341 e. The van der Waals surface area contributed by atoms with Crippen LogP contribution in [0.2, 0.25) is 0 Å². The molecule has 0 radical (unpaired) electrons. The molecule has 10 heteroatoms. The molecule has 3 aromatic rings. The van der Waals surface area contributed by atoms with Crippen LogP contribution in [0.25, 0.3) is 11.1 Å². The maximum absolute atomic E-state index is 13.0. The molecule has 1 aliphatic heterocycles. The lowest BCUT2D eigenvalue weighted by molar-refractivity contribution is -0.117. The van der Waals surface area contributed by atoms with Crippen molar-refractivity contribution in [2.75, 3.05) is 58.9 Å². The van der Waals surface area contributed by atoms with Crippen LogP contribution in [-0.2, 0) is 9.53 Å². The summed E-state index contributed by atoms with van der Waals surface area (Å²) < 4.78 is 16.0. The Morgan fingerprint density at radius 2 is 1.66 bits per heavy atom. The topological polar surface area (TPSA) is 97.4 Å². The van der Waals surface area contributed by atoms with E-state index in [1.54, 1.807) is 50.3 Å². The number of hydrogen-bond acceptors (Lipinski definition) is 8. The minimum atomic E-state index is -0.512. The van der Waals surface area contributed by atoms with Gasteiger partial charge in [-0.2, -0.15) is 0 Å². The number of piperazine rings is 1. The van der Waals surface area contributed by atoms with Gasteiger partial charge in [0.05, 0.1) is 27.4 Å². The second kappa shape index (κ2) is 12.6. The van der Waals surface area contributed by atoms with Gasteiger partial charge in [0, 0.05) is 42.7 Å². The fourth-order valence-corrected chi connectivity index (χ4v) is 5.29. The zero-order valence-corrected chi connectivity index (χ0v) is 22.5. The highest BCUT2D eigenvalue weighted by Gasteiger charge is 2.26. The van der Waals surface area contributed by atoms with Crippen LogP contribution in [0, 0.1) is 0 Å². The van der Waals surface area contributed by atoms with Crippen molar-refractivity contribution in [3.05, 3.63) is 65.0 Å². The minimum absolute atomic E-state index is 0.00458. The number of anilines is 1. The summed E-state index contributed by atoms with van der Waals surface area (Å²) in [6.07, 6.45) is 0. The Bertz CT molecular complexity index is 1280. The van der Waals surface area contributed by atoms with Crippen LogP contribution < -0.4 is 14.8 Å². The normalized spacial score (nSPS) is 13.6. The van der Waals surface area contributed by atoms with Gasteiger partial charge in [0.2, 0.25) is 5.91 Å². The maximum atomic E-state index is 13.0. The summed E-state index contributed by atoms with van der Waals surface area (Å²) >= 11 is 1.26. The number of amides is 2. The molecule has 0 spiro atoms. The van der Waals surface area contributed by atoms with E-state index >= 15 is 0 Å². The molecular weight excluding hydrogens is 506 g/mol. The molecule has 1 aliphatic rings. The van der Waals surface area contributed by atoms with E-state index in [1.807, 2.05) is 34.5 Å². The first-order valence-electron chi connectivity index (χ1n) is 12.3. The minimum Gasteiger partial charge on any atom is -0.493 e. The second-order valence-corrected chi connectivity index (χ2v) is 9.51. The third-order valence-corrected chi connectivity index (χ3v) is 7.16. The van der Waals surface area contributed by atoms with Crippen molar-refractivity contribution in [3.8, 4) is 22.6 Å². The Balaban J connectivity index is 1.44. The molecule has 2 aromatic carbocycles. The third-order valence-electron chi connectivity index (χ3n) is 6.27. The molecule has 1 aromatic heterocycles. The smallest absolute Gasteiger partial charge is 0.341 e. The summed E-state index contributed by atoms with van der Waals surface area (Å²) in [7, 11) is 3.10. The number of carbonyl (C=O) groups excluding carboxylic acids is 3. The third kappa shape index (κ3) is 6.15. The molecule has 9 nitrogen and oxygen atoms in total. The Morgan fingerprint density at radius 1 is 0.947 bits per heavy atom. The lowest BCUT2D eigenvalue weighted by Gasteiger charge is -2.34. The Hall–Kier alpha value is -3.89. The van der Waals surface area contributed by atoms with E-state index < -0.39 is 5.97 Å². The van der Waals surface area contributed by atoms with Crippen molar-refractivity contribution in [3.63, 3.8) is 0 Å². The van der Waals surface area contributed by atoms with Crippen LogP contribution in [0.1, 0.15) is 27.6 Å². The van der Waals surface area contributed by atoms with Gasteiger partial charge in [-0.05, 0) is 36.8 Å². The Morgan fingerprint density at radius 3 is 2.32 bits per heavy atom. The summed E-state index contributed by atoms with van der Waals surface area (Å²) in [5.41, 5.74) is 2.34. The van der Waals surface area contributed by atoms with E-state index in [-0.39, 0.29) is 25.0 Å². The summed E-state index contributed by atoms with van der Waals surface area (Å²) in [5, 5.41) is 5.14. The molecule has 2 amide bonds. The Labute approximate surface area is 225 Å². The molecule has 0 saturated carbocycles. The van der Waals surface area contributed by atoms with Crippen LogP contribution in [0.5, 0.6) is 11.5 Å². The van der Waals surface area contributed by atoms with E-state index in [9.17, 15) is 14.4 Å². The first-order chi connectivity index (χ1) is 18.4. The number of thiophene rings is 1. The standard InChI is InChI=1S/C28H31N3O6S/c1-4-37-28(34)25-21(20-10-11-22(35-2)23(16-20)36-3)18-38-26(25)29-24(32)17-30-12-14-31(15-13-30)27(33)19-8-6-5-7-9-19/h5-11,16,18H,4,12-15,17H2,1-3H3,(H,29,32). The van der Waals surface area contributed by atoms with E-state index in [1.165, 1.54) is 11.3 Å². The van der Waals surface area contributed by atoms with E-state index in [4.69, 9.17) is 14.2 Å². The summed E-state index contributed by atoms with van der Waals surface area (Å²) in [6, 6.07) is 14.6. The number of nitrogens with one attached hydrogen (secondary N) is 1. The molecule has 200 valence electrons. The zero-order chi connectivity index (χ0) is 27.1. The van der Waals surface area contributed by atoms with Gasteiger partial charge in [0.15, 0.2) is 11.5 Å². The number of rotatable bonds is 9. The number of esters is 1. The van der Waals surface area contributed by atoms with Gasteiger partial charge in [-0.3, -0.25) is 14.5 Å². The van der Waals surface area contributed by atoms with Crippen molar-refractivity contribution in [2.24, 2.45) is 0 Å². The zero-order valence-electron chi connectivity index (χ0n) is 21.7. The number of methoxy groups -OCH3 is 2. The number of ether oxygens (including phenoxy) is 3. The number of nitrogens with zero attached hydrogens (tertiary/aromatic N) is 2. The van der Waals surface area contributed by atoms with E-state index in [2.05, 4.69) is 5.32 Å². The predicted molar refractivity (Wildman–Crippen MR) is 146 cm³/mol. The largest absolute Gasteiger partial charge is 0.493 e. The van der Waals surface area contributed by atoms with Gasteiger partial charge in [-0.1, -0.05) is 24.3 Å². The molecule has 0 bridgehead atoms. The van der Waals surface area contributed by atoms with E-state index in [0.717, 1.165) is 5.56 Å². The number of hydrogen-bond donors (Lipinski definition) is 1. The lowest BCUT2D eigenvalue weighted by Crippen LogP contribution is -2.50. The van der Waals surface area contributed by atoms with Crippen LogP contribution in [0.15, 0.2) is 53.9 Å². The number of benzene rings is 2. The summed E-state index contributed by atoms with van der Waals surface area (Å²) in [6.45, 7) is 4.34. The van der Waals surface area contributed by atoms with Gasteiger partial charge in [-0.15, -0.1) is 11.3 Å². The fraction of sp³-hybridized carbons (Fsp3) is 0.321. The fourth-order valence-electron chi connectivity index (χ4n) is 4.31. The Kier molecular flexibility index (Phi) is 8.98. The van der Waals surface area contributed by atoms with E-state index in [0.29, 0.717) is 59.4 Å². The molecular formula is C28H31N3O6S. The van der Waals surface area contributed by atoms with Crippen molar-refractivity contribution >= 4 is 34.1 Å². The first kappa shape index (κ1) is 27.2. The molecule has 4 rings (SSSR count). The van der Waals surface area contributed by atoms with Crippen LogP contribution in [0.3, 0.4) is 0 Å². The monoisotopic (exact) mass is 537 g/mol. The molecule has 0 aliphatic carbocycles. The highest BCUT2D eigenvalue weighted by atomic mass is 32.1. The predicted octanol–water partition coefficient (Wildman–Crippen LogP) is 4.01. The van der Waals surface area contributed by atoms with Crippen molar-refractivity contribution in [1.29, 1.82) is 0 Å². The molecule has 0 atom stereocenters. The molecule has 1 N–H and O–H groups in total. The van der Waals surface area contributed by atoms with Gasteiger partial charge in [0.1, 0.15) is 10.6 Å². The first-order valence-corrected chi connectivity index (χ1v) is 13.2. The second-order valence-electron chi connectivity index (χ2n) is 8.63. The van der Waals surface area contributed by atoms with Gasteiger partial charge in [0.25, 0.3) is 5.91 Å². The van der Waals surface area contributed by atoms with Crippen molar-refractivity contribution < 1.29 is 28.6 Å². The molecule has 0 unspecified atom stereocenters. The summed E-state index contributed by atoms with van der Waals surface area (Å²) in [4.78, 5) is 42.4. The SMILES string of the molecule is CCOC(=O)c1c(-c2ccc(OC)c(OC)c2)csc1NC(=O)CN1CCN(C(=O)c2ccccc2)CC1. The highest BCUT2D eigenvalue weighted by molar-refractivity contribution is 7.15. The van der Waals surface area contributed by atoms with Crippen LogP contribution in [-0.4, -0.2) is 81.1 Å². The molecule has 1 fully saturated rings. The lowest BCUT2D eigenvalue weighted by atomic mass is 10.0. The van der Waals surface area contributed by atoms with Crippen molar-refractivity contribution in [1.82, 2.24) is 9.80 Å². The van der Waals surface area contributed by atoms with Gasteiger partial charge < -0.3 is 24.4 Å². The molecule has 38 heavy (non-hydrogen) atoms. The van der Waals surface area contributed by atoms with Crippen molar-refractivity contribution in [2.45, 2.75) is 6.92 Å². The number of carbonyl (C=O) groups is 3. The van der Waals surface area contributed by atoms with Crippen LogP contribution >= 0.6 is 11.3 Å². The average molecular weight is 538 g/mol. The quantitative estimate of drug-likeness (QED) is 0.412. The van der Waals surface area contributed by atoms with Crippen LogP contribution in [0.4, 0.5) is 5.00 Å². The molecule has 1 saturated heterocycles. The average Bonchev–Trinajstić information content (AvgIpc) is 3.36. The van der Waals surface area contributed by atoms with Gasteiger partial charge in [-0.25, -0.2) is 4.79 Å². The molecule has 2 heterocycles.